The lowest BCUT2D eigenvalue weighted by molar-refractivity contribution is 1.19. The Bertz CT molecular complexity index is 538. The van der Waals surface area contributed by atoms with Gasteiger partial charge in [0.15, 0.2) is 0 Å². The number of anilines is 1. The molecule has 0 aromatic heterocycles. The zero-order valence-corrected chi connectivity index (χ0v) is 13.0. The fourth-order valence-electron chi connectivity index (χ4n) is 1.47. The van der Waals surface area contributed by atoms with Crippen molar-refractivity contribution in [2.75, 3.05) is 11.9 Å². The van der Waals surface area contributed by atoms with Crippen LogP contribution in [-0.4, -0.2) is 7.05 Å². The second-order valence-corrected chi connectivity index (χ2v) is 5.31. The molecule has 104 valence electrons. The summed E-state index contributed by atoms with van der Waals surface area (Å²) in [5.74, 6) is 0. The molecule has 0 aliphatic rings. The minimum atomic E-state index is 0.962. The number of rotatable bonds is 7. The van der Waals surface area contributed by atoms with Crippen LogP contribution in [0.5, 0.6) is 0 Å². The molecule has 0 amide bonds. The second kappa shape index (κ2) is 8.28. The average molecular weight is 283 g/mol. The van der Waals surface area contributed by atoms with E-state index in [1.807, 2.05) is 55.9 Å². The molecular weight excluding hydrogens is 262 g/mol. The first kappa shape index (κ1) is 16.1. The topological polar surface area (TPSA) is 3.24 Å². The molecule has 2 heteroatoms. The summed E-state index contributed by atoms with van der Waals surface area (Å²) in [4.78, 5) is 3.02. The van der Waals surface area contributed by atoms with Gasteiger partial charge in [-0.1, -0.05) is 61.8 Å². The van der Waals surface area contributed by atoms with Crippen LogP contribution in [0.3, 0.4) is 0 Å². The van der Waals surface area contributed by atoms with Gasteiger partial charge in [-0.25, -0.2) is 0 Å². The summed E-state index contributed by atoms with van der Waals surface area (Å²) in [6.45, 7) is 13.7. The van der Waals surface area contributed by atoms with Crippen LogP contribution in [0.25, 0.3) is 0 Å². The van der Waals surface area contributed by atoms with Crippen LogP contribution < -0.4 is 4.90 Å². The molecule has 0 saturated heterocycles. The van der Waals surface area contributed by atoms with E-state index in [1.54, 1.807) is 11.8 Å². The summed E-state index contributed by atoms with van der Waals surface area (Å²) in [7, 11) is 2.02. The molecule has 20 heavy (non-hydrogen) atoms. The first-order chi connectivity index (χ1) is 9.58. The van der Waals surface area contributed by atoms with E-state index in [-0.39, 0.29) is 0 Å². The van der Waals surface area contributed by atoms with Crippen LogP contribution in [-0.2, 0) is 0 Å². The number of benzene rings is 1. The SMILES string of the molecule is C=C/C(C)=C/SC(=C)/C(C=C)=C/N(C)c1ccccc1. The number of allylic oxidation sites excluding steroid dienone is 4. The molecule has 1 nitrogen and oxygen atoms in total. The third-order valence-electron chi connectivity index (χ3n) is 2.75. The second-order valence-electron chi connectivity index (χ2n) is 4.34. The Morgan fingerprint density at radius 2 is 1.80 bits per heavy atom. The van der Waals surface area contributed by atoms with Crippen molar-refractivity contribution >= 4 is 17.4 Å². The van der Waals surface area contributed by atoms with E-state index in [1.165, 1.54) is 0 Å². The summed E-state index contributed by atoms with van der Waals surface area (Å²) in [6.07, 6.45) is 5.69. The molecule has 0 aliphatic heterocycles. The molecule has 0 fully saturated rings. The monoisotopic (exact) mass is 283 g/mol. The van der Waals surface area contributed by atoms with E-state index < -0.39 is 0 Å². The van der Waals surface area contributed by atoms with Gasteiger partial charge in [0.1, 0.15) is 0 Å². The minimum absolute atomic E-state index is 0.962. The van der Waals surface area contributed by atoms with Crippen LogP contribution in [0.15, 0.2) is 89.9 Å². The van der Waals surface area contributed by atoms with Gasteiger partial charge < -0.3 is 4.90 Å². The lowest BCUT2D eigenvalue weighted by Crippen LogP contribution is -2.08. The van der Waals surface area contributed by atoms with Gasteiger partial charge in [-0.2, -0.15) is 0 Å². The van der Waals surface area contributed by atoms with Crippen molar-refractivity contribution in [3.8, 4) is 0 Å². The molecule has 0 radical (unpaired) electrons. The minimum Gasteiger partial charge on any atom is -0.350 e. The third kappa shape index (κ3) is 4.98. The van der Waals surface area contributed by atoms with Crippen molar-refractivity contribution < 1.29 is 0 Å². The number of hydrogen-bond donors (Lipinski definition) is 0. The van der Waals surface area contributed by atoms with Crippen LogP contribution in [0.2, 0.25) is 0 Å². The fraction of sp³-hybridized carbons (Fsp3) is 0.111. The van der Waals surface area contributed by atoms with E-state index in [2.05, 4.69) is 36.8 Å². The Morgan fingerprint density at radius 1 is 1.15 bits per heavy atom. The molecule has 1 aromatic rings. The van der Waals surface area contributed by atoms with Crippen molar-refractivity contribution in [1.82, 2.24) is 0 Å². The van der Waals surface area contributed by atoms with Crippen molar-refractivity contribution in [2.45, 2.75) is 6.92 Å². The van der Waals surface area contributed by atoms with Gasteiger partial charge in [0.25, 0.3) is 0 Å². The van der Waals surface area contributed by atoms with Gasteiger partial charge in [0.2, 0.25) is 0 Å². The van der Waals surface area contributed by atoms with E-state index >= 15 is 0 Å². The largest absolute Gasteiger partial charge is 0.350 e. The molecule has 0 saturated carbocycles. The Kier molecular flexibility index (Phi) is 6.68. The molecule has 1 rings (SSSR count). The normalized spacial score (nSPS) is 11.9. The first-order valence-corrected chi connectivity index (χ1v) is 7.23. The standard InChI is InChI=1S/C18H21NS/c1-6-15(3)14-20-16(4)17(7-2)13-19(5)18-11-9-8-10-12-18/h6-14H,1-2,4H2,3,5H3/b15-14+,17-13+. The lowest BCUT2D eigenvalue weighted by atomic mass is 10.2. The quantitative estimate of drug-likeness (QED) is 0.605. The zero-order valence-electron chi connectivity index (χ0n) is 12.2. The van der Waals surface area contributed by atoms with Crippen molar-refractivity contribution in [2.24, 2.45) is 0 Å². The van der Waals surface area contributed by atoms with Crippen LogP contribution >= 0.6 is 11.8 Å². The van der Waals surface area contributed by atoms with Crippen LogP contribution in [0.1, 0.15) is 6.92 Å². The van der Waals surface area contributed by atoms with Gasteiger partial charge in [-0.15, -0.1) is 0 Å². The maximum atomic E-state index is 4.10. The van der Waals surface area contributed by atoms with E-state index in [9.17, 15) is 0 Å². The highest BCUT2D eigenvalue weighted by Gasteiger charge is 2.02. The highest BCUT2D eigenvalue weighted by Crippen LogP contribution is 2.26. The van der Waals surface area contributed by atoms with E-state index in [0.29, 0.717) is 0 Å². The molecule has 1 aromatic carbocycles. The van der Waals surface area contributed by atoms with E-state index in [4.69, 9.17) is 0 Å². The molecule has 0 heterocycles. The Labute approximate surface area is 126 Å². The van der Waals surface area contributed by atoms with Gasteiger partial charge in [-0.3, -0.25) is 0 Å². The third-order valence-corrected chi connectivity index (χ3v) is 3.76. The number of thioether (sulfide) groups is 1. The number of nitrogens with zero attached hydrogens (tertiary/aromatic N) is 1. The smallest absolute Gasteiger partial charge is 0.0403 e. The highest BCUT2D eigenvalue weighted by molar-refractivity contribution is 8.06. The maximum Gasteiger partial charge on any atom is 0.0403 e. The van der Waals surface area contributed by atoms with Gasteiger partial charge in [-0.05, 0) is 30.0 Å². The summed E-state index contributed by atoms with van der Waals surface area (Å²) >= 11 is 1.59. The van der Waals surface area contributed by atoms with Crippen molar-refractivity contribution in [3.05, 3.63) is 89.9 Å². The van der Waals surface area contributed by atoms with Gasteiger partial charge in [0.05, 0.1) is 0 Å². The molecule has 0 spiro atoms. The maximum absolute atomic E-state index is 4.10. The van der Waals surface area contributed by atoms with Crippen molar-refractivity contribution in [1.29, 1.82) is 0 Å². The predicted molar refractivity (Wildman–Crippen MR) is 93.8 cm³/mol. The van der Waals surface area contributed by atoms with Crippen molar-refractivity contribution in [3.63, 3.8) is 0 Å². The van der Waals surface area contributed by atoms with E-state index in [0.717, 1.165) is 21.7 Å². The number of para-hydroxylation sites is 1. The Morgan fingerprint density at radius 3 is 2.35 bits per heavy atom. The van der Waals surface area contributed by atoms with Gasteiger partial charge in [0, 0.05) is 29.4 Å². The first-order valence-electron chi connectivity index (χ1n) is 6.35. The van der Waals surface area contributed by atoms with Gasteiger partial charge >= 0.3 is 0 Å². The van der Waals surface area contributed by atoms with Crippen LogP contribution in [0, 0.1) is 0 Å². The molecule has 0 unspecified atom stereocenters. The summed E-state index contributed by atoms with van der Waals surface area (Å²) in [6, 6.07) is 10.2. The van der Waals surface area contributed by atoms with Crippen LogP contribution in [0.4, 0.5) is 5.69 Å². The summed E-state index contributed by atoms with van der Waals surface area (Å²) in [5, 5.41) is 2.04. The zero-order chi connectivity index (χ0) is 15.0. The average Bonchev–Trinajstić information content (AvgIpc) is 2.50. The molecule has 0 bridgehead atoms. The fourth-order valence-corrected chi connectivity index (χ4v) is 2.16. The summed E-state index contributed by atoms with van der Waals surface area (Å²) < 4.78 is 0. The Balaban J connectivity index is 2.84. The molecule has 0 N–H and O–H groups in total. The predicted octanol–water partition coefficient (Wildman–Crippen LogP) is 5.53. The molecule has 0 aliphatic carbocycles. The molecular formula is C18H21NS. The number of hydrogen-bond acceptors (Lipinski definition) is 2. The Hall–Kier alpha value is -1.93. The molecule has 0 atom stereocenters. The summed E-state index contributed by atoms with van der Waals surface area (Å²) in [5.41, 5.74) is 3.26. The highest BCUT2D eigenvalue weighted by atomic mass is 32.2. The lowest BCUT2D eigenvalue weighted by Gasteiger charge is -2.16.